The number of allylic oxidation sites excluding steroid dienone is 1. The molecule has 1 aliphatic rings. The maximum Gasteiger partial charge on any atom is 0.243 e. The number of amides is 1. The lowest BCUT2D eigenvalue weighted by molar-refractivity contribution is -0.119. The molecule has 3 heteroatoms. The second-order valence-corrected chi connectivity index (χ2v) is 1.76. The Balaban J connectivity index is 2.57. The summed E-state index contributed by atoms with van der Waals surface area (Å²) in [5.74, 6) is 0.0324. The van der Waals surface area contributed by atoms with Gasteiger partial charge >= 0.3 is 0 Å². The van der Waals surface area contributed by atoms with Crippen LogP contribution in [0.15, 0.2) is 11.9 Å². The second kappa shape index (κ2) is 1.86. The second-order valence-electron chi connectivity index (χ2n) is 1.76. The zero-order valence-corrected chi connectivity index (χ0v) is 4.69. The van der Waals surface area contributed by atoms with Crippen LogP contribution >= 0.6 is 0 Å². The highest BCUT2D eigenvalue weighted by Gasteiger charge is 2.03. The average Bonchev–Trinajstić information content (AvgIpc) is 1.64. The monoisotopic (exact) mass is 112 g/mol. The number of hydrogen-bond acceptors (Lipinski definition) is 2. The molecule has 0 aromatic carbocycles. The average molecular weight is 112 g/mol. The van der Waals surface area contributed by atoms with Gasteiger partial charge in [0.1, 0.15) is 0 Å². The SMILES string of the molecule is CC1=CNCC(=O)N1. The zero-order valence-electron chi connectivity index (χ0n) is 4.69. The van der Waals surface area contributed by atoms with E-state index in [2.05, 4.69) is 10.6 Å². The molecule has 1 rings (SSSR count). The third-order valence-electron chi connectivity index (χ3n) is 0.918. The number of rotatable bonds is 0. The van der Waals surface area contributed by atoms with Crippen LogP contribution in [0.25, 0.3) is 0 Å². The van der Waals surface area contributed by atoms with Crippen molar-refractivity contribution >= 4 is 5.91 Å². The van der Waals surface area contributed by atoms with Crippen LogP contribution in [0.3, 0.4) is 0 Å². The van der Waals surface area contributed by atoms with Gasteiger partial charge in [-0.1, -0.05) is 0 Å². The minimum Gasteiger partial charge on any atom is -0.381 e. The minimum atomic E-state index is 0.0324. The molecule has 0 saturated heterocycles. The van der Waals surface area contributed by atoms with Crippen LogP contribution in [-0.4, -0.2) is 12.5 Å². The lowest BCUT2D eigenvalue weighted by Crippen LogP contribution is -2.35. The van der Waals surface area contributed by atoms with Crippen molar-refractivity contribution in [2.24, 2.45) is 0 Å². The number of hydrogen-bond donors (Lipinski definition) is 2. The van der Waals surface area contributed by atoms with Crippen molar-refractivity contribution < 1.29 is 4.79 Å². The van der Waals surface area contributed by atoms with E-state index in [1.54, 1.807) is 6.20 Å². The van der Waals surface area contributed by atoms with Crippen LogP contribution in [0.4, 0.5) is 0 Å². The Morgan fingerprint density at radius 1 is 1.75 bits per heavy atom. The summed E-state index contributed by atoms with van der Waals surface area (Å²) < 4.78 is 0. The highest BCUT2D eigenvalue weighted by Crippen LogP contribution is 1.86. The fraction of sp³-hybridized carbons (Fsp3) is 0.400. The lowest BCUT2D eigenvalue weighted by Gasteiger charge is -2.10. The molecule has 1 amide bonds. The Labute approximate surface area is 47.8 Å². The van der Waals surface area contributed by atoms with E-state index >= 15 is 0 Å². The van der Waals surface area contributed by atoms with Crippen LogP contribution < -0.4 is 10.6 Å². The summed E-state index contributed by atoms with van der Waals surface area (Å²) >= 11 is 0. The summed E-state index contributed by atoms with van der Waals surface area (Å²) in [5.41, 5.74) is 0.876. The molecule has 0 saturated carbocycles. The van der Waals surface area contributed by atoms with Gasteiger partial charge in [-0.25, -0.2) is 0 Å². The molecule has 1 heterocycles. The van der Waals surface area contributed by atoms with Gasteiger partial charge in [-0.05, 0) is 6.92 Å². The van der Waals surface area contributed by atoms with E-state index in [1.165, 1.54) is 0 Å². The van der Waals surface area contributed by atoms with E-state index in [9.17, 15) is 4.79 Å². The van der Waals surface area contributed by atoms with E-state index in [4.69, 9.17) is 0 Å². The van der Waals surface area contributed by atoms with Crippen LogP contribution in [0.5, 0.6) is 0 Å². The first-order valence-corrected chi connectivity index (χ1v) is 2.49. The van der Waals surface area contributed by atoms with Gasteiger partial charge in [0.25, 0.3) is 0 Å². The third kappa shape index (κ3) is 0.992. The molecule has 1 aliphatic heterocycles. The fourth-order valence-corrected chi connectivity index (χ4v) is 0.597. The molecule has 8 heavy (non-hydrogen) atoms. The van der Waals surface area contributed by atoms with Crippen molar-refractivity contribution in [1.29, 1.82) is 0 Å². The Kier molecular flexibility index (Phi) is 1.20. The third-order valence-corrected chi connectivity index (χ3v) is 0.918. The molecule has 3 nitrogen and oxygen atoms in total. The summed E-state index contributed by atoms with van der Waals surface area (Å²) in [6.45, 7) is 2.24. The molecule has 0 aliphatic carbocycles. The number of nitrogens with one attached hydrogen (secondary N) is 2. The van der Waals surface area contributed by atoms with Crippen molar-refractivity contribution in [2.45, 2.75) is 6.92 Å². The predicted octanol–water partition coefficient (Wildman–Crippen LogP) is -0.433. The fourth-order valence-electron chi connectivity index (χ4n) is 0.597. The molecular weight excluding hydrogens is 104 g/mol. The van der Waals surface area contributed by atoms with Crippen LogP contribution in [0.2, 0.25) is 0 Å². The van der Waals surface area contributed by atoms with Crippen molar-refractivity contribution in [3.8, 4) is 0 Å². The first-order valence-electron chi connectivity index (χ1n) is 2.49. The summed E-state index contributed by atoms with van der Waals surface area (Å²) in [7, 11) is 0. The molecule has 0 aromatic rings. The zero-order chi connectivity index (χ0) is 5.98. The van der Waals surface area contributed by atoms with Gasteiger partial charge in [0, 0.05) is 11.9 Å². The maximum absolute atomic E-state index is 10.5. The van der Waals surface area contributed by atoms with Gasteiger partial charge in [0.15, 0.2) is 0 Å². The minimum absolute atomic E-state index is 0.0324. The first-order chi connectivity index (χ1) is 3.79. The van der Waals surface area contributed by atoms with Gasteiger partial charge in [0.2, 0.25) is 5.91 Å². The van der Waals surface area contributed by atoms with Gasteiger partial charge in [-0.3, -0.25) is 4.79 Å². The van der Waals surface area contributed by atoms with E-state index in [1.807, 2.05) is 6.92 Å². The Hall–Kier alpha value is -0.990. The van der Waals surface area contributed by atoms with Gasteiger partial charge in [0.05, 0.1) is 6.54 Å². The number of carbonyl (C=O) groups is 1. The molecular formula is C5H8N2O. The van der Waals surface area contributed by atoms with E-state index in [-0.39, 0.29) is 5.91 Å². The normalized spacial score (nSPS) is 18.6. The van der Waals surface area contributed by atoms with Crippen LogP contribution in [0, 0.1) is 0 Å². The van der Waals surface area contributed by atoms with Gasteiger partial charge in [-0.2, -0.15) is 0 Å². The molecule has 0 spiro atoms. The van der Waals surface area contributed by atoms with Crippen molar-refractivity contribution in [1.82, 2.24) is 10.6 Å². The van der Waals surface area contributed by atoms with E-state index in [0.717, 1.165) is 5.70 Å². The van der Waals surface area contributed by atoms with E-state index in [0.29, 0.717) is 6.54 Å². The topological polar surface area (TPSA) is 41.1 Å². The lowest BCUT2D eigenvalue weighted by atomic mass is 10.4. The molecule has 0 bridgehead atoms. The Bertz CT molecular complexity index is 139. The highest BCUT2D eigenvalue weighted by molar-refractivity contribution is 5.80. The van der Waals surface area contributed by atoms with Crippen molar-refractivity contribution in [3.63, 3.8) is 0 Å². The first kappa shape index (κ1) is 5.15. The van der Waals surface area contributed by atoms with Gasteiger partial charge < -0.3 is 10.6 Å². The standard InChI is InChI=1S/C5H8N2O/c1-4-2-6-3-5(8)7-4/h2,6H,3H2,1H3,(H,7,8). The molecule has 0 radical (unpaired) electrons. The molecule has 0 atom stereocenters. The predicted molar refractivity (Wildman–Crippen MR) is 29.9 cm³/mol. The highest BCUT2D eigenvalue weighted by atomic mass is 16.2. The summed E-state index contributed by atoms with van der Waals surface area (Å²) in [6, 6.07) is 0. The smallest absolute Gasteiger partial charge is 0.243 e. The molecule has 44 valence electrons. The Morgan fingerprint density at radius 2 is 2.50 bits per heavy atom. The van der Waals surface area contributed by atoms with Crippen LogP contribution in [0.1, 0.15) is 6.92 Å². The summed E-state index contributed by atoms with van der Waals surface area (Å²) in [4.78, 5) is 10.5. The van der Waals surface area contributed by atoms with Gasteiger partial charge in [-0.15, -0.1) is 0 Å². The molecule has 0 unspecified atom stereocenters. The summed E-state index contributed by atoms with van der Waals surface area (Å²) in [6.07, 6.45) is 1.78. The van der Waals surface area contributed by atoms with Crippen molar-refractivity contribution in [2.75, 3.05) is 6.54 Å². The van der Waals surface area contributed by atoms with E-state index < -0.39 is 0 Å². The quantitative estimate of drug-likeness (QED) is 0.446. The molecule has 0 aromatic heterocycles. The molecule has 2 N–H and O–H groups in total. The van der Waals surface area contributed by atoms with Crippen LogP contribution in [-0.2, 0) is 4.79 Å². The van der Waals surface area contributed by atoms with Crippen molar-refractivity contribution in [3.05, 3.63) is 11.9 Å². The summed E-state index contributed by atoms with van der Waals surface area (Å²) in [5, 5.41) is 5.45. The maximum atomic E-state index is 10.5. The Morgan fingerprint density at radius 3 is 2.88 bits per heavy atom. The molecule has 0 fully saturated rings. The number of carbonyl (C=O) groups excluding carboxylic acids is 1. The largest absolute Gasteiger partial charge is 0.381 e.